The Morgan fingerprint density at radius 1 is 1.18 bits per heavy atom. The summed E-state index contributed by atoms with van der Waals surface area (Å²) in [7, 11) is -2.74. The van der Waals surface area contributed by atoms with Crippen LogP contribution in [0.3, 0.4) is 0 Å². The number of anilines is 1. The second kappa shape index (κ2) is 10.5. The third-order valence-electron chi connectivity index (χ3n) is 5.55. The van der Waals surface area contributed by atoms with Gasteiger partial charge in [-0.15, -0.1) is 10.2 Å². The molecular weight excluding hydrogens is 553 g/mol. The summed E-state index contributed by atoms with van der Waals surface area (Å²) in [4.78, 5) is 12.4. The lowest BCUT2D eigenvalue weighted by molar-refractivity contribution is -0.142. The van der Waals surface area contributed by atoms with Crippen molar-refractivity contribution in [2.24, 2.45) is 0 Å². The van der Waals surface area contributed by atoms with Gasteiger partial charge in [-0.1, -0.05) is 29.7 Å². The zero-order valence-electron chi connectivity index (χ0n) is 20.0. The monoisotopic (exact) mass is 572 g/mol. The molecule has 202 valence electrons. The van der Waals surface area contributed by atoms with Crippen molar-refractivity contribution in [2.75, 3.05) is 11.8 Å². The van der Waals surface area contributed by atoms with Crippen molar-refractivity contribution in [3.05, 3.63) is 59.0 Å². The molecule has 1 N–H and O–H groups in total. The number of ether oxygens (including phenoxy) is 1. The van der Waals surface area contributed by atoms with Crippen LogP contribution in [0.25, 0.3) is 11.5 Å². The maximum absolute atomic E-state index is 13.3. The maximum Gasteiger partial charge on any atom is 0.436 e. The van der Waals surface area contributed by atoms with E-state index < -0.39 is 39.6 Å². The molecule has 17 heteroatoms. The van der Waals surface area contributed by atoms with E-state index in [1.165, 1.54) is 31.0 Å². The predicted molar refractivity (Wildman–Crippen MR) is 128 cm³/mol. The molecule has 0 fully saturated rings. The molecule has 2 atom stereocenters. The van der Waals surface area contributed by atoms with E-state index in [9.17, 15) is 21.6 Å². The van der Waals surface area contributed by atoms with Crippen LogP contribution < -0.4 is 9.46 Å². The molecule has 38 heavy (non-hydrogen) atoms. The average Bonchev–Trinajstić information content (AvgIpc) is 3.51. The minimum atomic E-state index is -4.73. The van der Waals surface area contributed by atoms with Crippen molar-refractivity contribution < 1.29 is 30.8 Å². The summed E-state index contributed by atoms with van der Waals surface area (Å²) in [6, 6.07) is 5.42. The molecule has 0 aromatic carbocycles. The molecule has 0 aliphatic carbocycles. The van der Waals surface area contributed by atoms with E-state index in [2.05, 4.69) is 35.0 Å². The predicted octanol–water partition coefficient (Wildman–Crippen LogP) is 3.78. The first-order chi connectivity index (χ1) is 17.9. The highest BCUT2D eigenvalue weighted by Crippen LogP contribution is 2.30. The number of alkyl halides is 3. The van der Waals surface area contributed by atoms with Gasteiger partial charge in [-0.3, -0.25) is 9.29 Å². The number of aromatic nitrogens is 7. The number of sulfonamides is 1. The topological polar surface area (TPSA) is 151 Å². The Kier molecular flexibility index (Phi) is 7.55. The summed E-state index contributed by atoms with van der Waals surface area (Å²) in [5.74, 6) is -0.666. The number of hydrogen-bond acceptors (Lipinski definition) is 10. The number of methoxy groups -OCH3 is 1. The van der Waals surface area contributed by atoms with Crippen molar-refractivity contribution in [3.8, 4) is 17.4 Å². The highest BCUT2D eigenvalue weighted by Gasteiger charge is 2.36. The first-order valence-corrected chi connectivity index (χ1v) is 12.8. The standard InChI is InChI=1S/C21H20ClF3N8O4S/c1-11(18-26-8-13(22)9-27-18)12(2)38(34,35)32-20-30-29-19(15-5-4-6-17(28-15)36-3)33(20)10-14-7-16(31-37-14)21(23,24)25/h4-9,11-12H,10H2,1-3H3,(H,30,32)/t11-,12-/m0/s1. The van der Waals surface area contributed by atoms with E-state index in [1.807, 2.05) is 0 Å². The maximum atomic E-state index is 13.3. The molecule has 4 heterocycles. The van der Waals surface area contributed by atoms with E-state index >= 15 is 0 Å². The lowest BCUT2D eigenvalue weighted by atomic mass is 10.1. The van der Waals surface area contributed by atoms with Crippen molar-refractivity contribution in [1.82, 2.24) is 34.9 Å². The van der Waals surface area contributed by atoms with E-state index in [4.69, 9.17) is 20.9 Å². The van der Waals surface area contributed by atoms with Gasteiger partial charge in [0.2, 0.25) is 21.9 Å². The Morgan fingerprint density at radius 2 is 1.89 bits per heavy atom. The second-order valence-corrected chi connectivity index (χ2v) is 10.5. The molecule has 4 aromatic rings. The molecule has 0 bridgehead atoms. The second-order valence-electron chi connectivity index (χ2n) is 8.08. The fraction of sp³-hybridized carbons (Fsp3) is 0.333. The van der Waals surface area contributed by atoms with Crippen molar-refractivity contribution >= 4 is 27.6 Å². The number of nitrogens with one attached hydrogen (secondary N) is 1. The van der Waals surface area contributed by atoms with Crippen LogP contribution in [0.2, 0.25) is 5.02 Å². The van der Waals surface area contributed by atoms with E-state index in [0.29, 0.717) is 11.1 Å². The van der Waals surface area contributed by atoms with Gasteiger partial charge in [0.15, 0.2) is 17.3 Å². The van der Waals surface area contributed by atoms with Gasteiger partial charge in [-0.2, -0.15) is 13.2 Å². The van der Waals surface area contributed by atoms with E-state index in [1.54, 1.807) is 25.1 Å². The molecule has 4 rings (SSSR count). The third-order valence-corrected chi connectivity index (χ3v) is 7.60. The van der Waals surface area contributed by atoms with Crippen molar-refractivity contribution in [1.29, 1.82) is 0 Å². The number of pyridine rings is 1. The van der Waals surface area contributed by atoms with Crippen LogP contribution >= 0.6 is 11.6 Å². The zero-order valence-corrected chi connectivity index (χ0v) is 21.6. The summed E-state index contributed by atoms with van der Waals surface area (Å²) >= 11 is 5.81. The fourth-order valence-electron chi connectivity index (χ4n) is 3.30. The molecule has 0 unspecified atom stereocenters. The number of nitrogens with zero attached hydrogens (tertiary/aromatic N) is 7. The molecular formula is C21H20ClF3N8O4S. The number of halogens is 4. The van der Waals surface area contributed by atoms with Gasteiger partial charge in [0.25, 0.3) is 0 Å². The van der Waals surface area contributed by atoms with Gasteiger partial charge >= 0.3 is 6.18 Å². The van der Waals surface area contributed by atoms with Gasteiger partial charge in [-0.25, -0.2) is 23.4 Å². The van der Waals surface area contributed by atoms with Crippen LogP contribution in [0.15, 0.2) is 41.2 Å². The SMILES string of the molecule is COc1cccc(-c2nnc(NS(=O)(=O)[C@@H](C)[C@H](C)c3ncc(Cl)cn3)n2Cc2cc(C(F)(F)F)no2)n1. The van der Waals surface area contributed by atoms with Gasteiger partial charge in [0, 0.05) is 30.4 Å². The highest BCUT2D eigenvalue weighted by atomic mass is 35.5. The first-order valence-electron chi connectivity index (χ1n) is 10.9. The Bertz CT molecular complexity index is 1530. The van der Waals surface area contributed by atoms with E-state index in [0.717, 1.165) is 0 Å². The molecule has 0 saturated heterocycles. The lowest BCUT2D eigenvalue weighted by Crippen LogP contribution is -2.31. The largest absolute Gasteiger partial charge is 0.481 e. The fourth-order valence-corrected chi connectivity index (χ4v) is 4.65. The van der Waals surface area contributed by atoms with Crippen LogP contribution in [0.5, 0.6) is 5.88 Å². The summed E-state index contributed by atoms with van der Waals surface area (Å²) in [6.45, 7) is 2.67. The van der Waals surface area contributed by atoms with Crippen LogP contribution in [0.4, 0.5) is 19.1 Å². The number of hydrogen-bond donors (Lipinski definition) is 1. The third kappa shape index (κ3) is 5.85. The average molecular weight is 573 g/mol. The van der Waals surface area contributed by atoms with Gasteiger partial charge in [-0.05, 0) is 13.0 Å². The van der Waals surface area contributed by atoms with Crippen LogP contribution in [0.1, 0.15) is 37.0 Å². The quantitative estimate of drug-likeness (QED) is 0.314. The summed E-state index contributed by atoms with van der Waals surface area (Å²) in [5, 5.41) is 10.2. The van der Waals surface area contributed by atoms with Crippen molar-refractivity contribution in [3.63, 3.8) is 0 Å². The minimum absolute atomic E-state index is 0.0355. The Balaban J connectivity index is 1.70. The van der Waals surface area contributed by atoms with Gasteiger partial charge < -0.3 is 9.26 Å². The Hall–Kier alpha value is -3.79. The molecule has 12 nitrogen and oxygen atoms in total. The lowest BCUT2D eigenvalue weighted by Gasteiger charge is -2.20. The Morgan fingerprint density at radius 3 is 2.53 bits per heavy atom. The summed E-state index contributed by atoms with van der Waals surface area (Å²) in [6.07, 6.45) is -2.03. The molecule has 4 aromatic heterocycles. The summed E-state index contributed by atoms with van der Waals surface area (Å²) in [5.41, 5.74) is -1.02. The molecule has 0 amide bonds. The molecule has 0 aliphatic rings. The molecule has 0 aliphatic heterocycles. The smallest absolute Gasteiger partial charge is 0.436 e. The van der Waals surface area contributed by atoms with E-state index in [-0.39, 0.29) is 34.9 Å². The molecule has 0 spiro atoms. The summed E-state index contributed by atoms with van der Waals surface area (Å²) < 4.78 is 79.2. The zero-order chi connectivity index (χ0) is 27.7. The van der Waals surface area contributed by atoms with Gasteiger partial charge in [0.1, 0.15) is 11.5 Å². The highest BCUT2D eigenvalue weighted by molar-refractivity contribution is 7.93. The first kappa shape index (κ1) is 27.3. The molecule has 0 radical (unpaired) electrons. The van der Waals surface area contributed by atoms with Crippen LogP contribution in [-0.4, -0.2) is 55.7 Å². The van der Waals surface area contributed by atoms with Crippen LogP contribution in [0, 0.1) is 0 Å². The van der Waals surface area contributed by atoms with Crippen LogP contribution in [-0.2, 0) is 22.7 Å². The molecule has 0 saturated carbocycles. The normalized spacial score (nSPS) is 13.8. The van der Waals surface area contributed by atoms with Crippen molar-refractivity contribution in [2.45, 2.75) is 37.7 Å². The minimum Gasteiger partial charge on any atom is -0.481 e. The number of rotatable bonds is 9. The Labute approximate surface area is 219 Å². The van der Waals surface area contributed by atoms with Gasteiger partial charge in [0.05, 0.1) is 23.9 Å².